The molecule has 0 saturated heterocycles. The number of likely N-dealkylation sites (N-methyl/N-ethyl adjacent to an activating group) is 1. The average Bonchev–Trinajstić information content (AvgIpc) is 2.02. The Labute approximate surface area is 81.1 Å². The van der Waals surface area contributed by atoms with Crippen molar-refractivity contribution in [3.63, 3.8) is 0 Å². The number of hydrogen-bond acceptors (Lipinski definition) is 4. The van der Waals surface area contributed by atoms with E-state index in [1.54, 1.807) is 0 Å². The number of amides is 3. The molecule has 80 valence electrons. The van der Waals surface area contributed by atoms with Gasteiger partial charge in [-0.1, -0.05) is 0 Å². The smallest absolute Gasteiger partial charge is 0.263 e. The molecule has 0 aliphatic carbocycles. The van der Waals surface area contributed by atoms with Crippen LogP contribution in [0, 0.1) is 0 Å². The number of rotatable bonds is 5. The summed E-state index contributed by atoms with van der Waals surface area (Å²) in [7, 11) is 1.47. The molecule has 0 spiro atoms. The van der Waals surface area contributed by atoms with Gasteiger partial charge in [0.05, 0.1) is 0 Å². The largest absolute Gasteiger partial charge is 0.368 e. The third-order valence-corrected chi connectivity index (χ3v) is 1.32. The van der Waals surface area contributed by atoms with Crippen molar-refractivity contribution in [1.82, 2.24) is 10.4 Å². The molecule has 0 radical (unpaired) electrons. The summed E-state index contributed by atoms with van der Waals surface area (Å²) < 4.78 is 0. The molecule has 0 aromatic heterocycles. The van der Waals surface area contributed by atoms with E-state index in [2.05, 4.69) is 4.84 Å². The summed E-state index contributed by atoms with van der Waals surface area (Å²) in [5, 5.41) is 0. The van der Waals surface area contributed by atoms with E-state index in [4.69, 9.17) is 5.73 Å². The fourth-order valence-electron chi connectivity index (χ4n) is 0.547. The molecule has 0 aromatic rings. The van der Waals surface area contributed by atoms with Crippen LogP contribution in [-0.4, -0.2) is 42.8 Å². The van der Waals surface area contributed by atoms with Crippen LogP contribution in [0.25, 0.3) is 0 Å². The SMILES string of the molecule is CC(=O)N(C)CC(=O)NOCC(N)=O. The zero-order valence-electron chi connectivity index (χ0n) is 8.07. The monoisotopic (exact) mass is 203 g/mol. The van der Waals surface area contributed by atoms with Crippen LogP contribution in [0.2, 0.25) is 0 Å². The van der Waals surface area contributed by atoms with E-state index in [9.17, 15) is 14.4 Å². The molecule has 7 nitrogen and oxygen atoms in total. The second kappa shape index (κ2) is 5.92. The zero-order chi connectivity index (χ0) is 11.1. The summed E-state index contributed by atoms with van der Waals surface area (Å²) in [6, 6.07) is 0. The molecule has 0 saturated carbocycles. The Kier molecular flexibility index (Phi) is 5.23. The lowest BCUT2D eigenvalue weighted by Crippen LogP contribution is -2.38. The number of carbonyl (C=O) groups is 3. The lowest BCUT2D eigenvalue weighted by Gasteiger charge is -2.13. The quantitative estimate of drug-likeness (QED) is 0.504. The summed E-state index contributed by atoms with van der Waals surface area (Å²) in [5.74, 6) is -1.45. The first-order valence-corrected chi connectivity index (χ1v) is 3.84. The van der Waals surface area contributed by atoms with E-state index in [0.29, 0.717) is 0 Å². The van der Waals surface area contributed by atoms with Crippen LogP contribution in [0.4, 0.5) is 0 Å². The van der Waals surface area contributed by atoms with E-state index < -0.39 is 18.4 Å². The van der Waals surface area contributed by atoms with Crippen molar-refractivity contribution in [1.29, 1.82) is 0 Å². The highest BCUT2D eigenvalue weighted by atomic mass is 16.7. The van der Waals surface area contributed by atoms with Crippen LogP contribution in [-0.2, 0) is 19.2 Å². The van der Waals surface area contributed by atoms with Crippen LogP contribution in [0.3, 0.4) is 0 Å². The molecule has 7 heteroatoms. The average molecular weight is 203 g/mol. The molecule has 3 amide bonds. The number of nitrogens with zero attached hydrogens (tertiary/aromatic N) is 1. The summed E-state index contributed by atoms with van der Waals surface area (Å²) in [6.45, 7) is 0.807. The van der Waals surface area contributed by atoms with Crippen LogP contribution in [0.5, 0.6) is 0 Å². The van der Waals surface area contributed by atoms with Gasteiger partial charge in [-0.05, 0) is 0 Å². The summed E-state index contributed by atoms with van der Waals surface area (Å²) in [6.07, 6.45) is 0. The van der Waals surface area contributed by atoms with Crippen LogP contribution < -0.4 is 11.2 Å². The number of hydrogen-bond donors (Lipinski definition) is 2. The van der Waals surface area contributed by atoms with Gasteiger partial charge < -0.3 is 10.6 Å². The number of nitrogens with two attached hydrogens (primary N) is 1. The summed E-state index contributed by atoms with van der Waals surface area (Å²) in [4.78, 5) is 37.5. The topological polar surface area (TPSA) is 102 Å². The maximum atomic E-state index is 11.0. The molecule has 0 fully saturated rings. The van der Waals surface area contributed by atoms with Crippen molar-refractivity contribution >= 4 is 17.7 Å². The number of primary amides is 1. The highest BCUT2D eigenvalue weighted by Crippen LogP contribution is 1.82. The van der Waals surface area contributed by atoms with E-state index in [0.717, 1.165) is 0 Å². The van der Waals surface area contributed by atoms with Gasteiger partial charge in [-0.25, -0.2) is 5.48 Å². The summed E-state index contributed by atoms with van der Waals surface area (Å²) in [5.41, 5.74) is 6.71. The molecule has 14 heavy (non-hydrogen) atoms. The first-order valence-electron chi connectivity index (χ1n) is 3.84. The number of carbonyl (C=O) groups excluding carboxylic acids is 3. The first kappa shape index (κ1) is 12.4. The second-order valence-corrected chi connectivity index (χ2v) is 2.66. The van der Waals surface area contributed by atoms with Gasteiger partial charge in [-0.3, -0.25) is 19.2 Å². The summed E-state index contributed by atoms with van der Waals surface area (Å²) >= 11 is 0. The van der Waals surface area contributed by atoms with Crippen LogP contribution in [0.15, 0.2) is 0 Å². The first-order chi connectivity index (χ1) is 6.43. The molecule has 0 atom stereocenters. The van der Waals surface area contributed by atoms with Crippen molar-refractivity contribution in [2.45, 2.75) is 6.92 Å². The Balaban J connectivity index is 3.65. The Morgan fingerprint density at radius 3 is 2.43 bits per heavy atom. The fourth-order valence-corrected chi connectivity index (χ4v) is 0.547. The van der Waals surface area contributed by atoms with Crippen molar-refractivity contribution in [3.05, 3.63) is 0 Å². The Bertz CT molecular complexity index is 241. The molecule has 0 heterocycles. The number of nitrogens with one attached hydrogen (secondary N) is 1. The highest BCUT2D eigenvalue weighted by Gasteiger charge is 2.08. The van der Waals surface area contributed by atoms with Crippen LogP contribution in [0.1, 0.15) is 6.92 Å². The van der Waals surface area contributed by atoms with Gasteiger partial charge in [0.15, 0.2) is 6.61 Å². The Morgan fingerprint density at radius 2 is 2.00 bits per heavy atom. The maximum Gasteiger partial charge on any atom is 0.263 e. The standard InChI is InChI=1S/C7H13N3O4/c1-5(11)10(2)3-7(13)9-14-4-6(8)12/h3-4H2,1-2H3,(H2,8,12)(H,9,13). The van der Waals surface area contributed by atoms with Gasteiger partial charge in [0.1, 0.15) is 6.54 Å². The van der Waals surface area contributed by atoms with E-state index >= 15 is 0 Å². The molecule has 0 rings (SSSR count). The van der Waals surface area contributed by atoms with Gasteiger partial charge in [0, 0.05) is 14.0 Å². The third kappa shape index (κ3) is 5.95. The van der Waals surface area contributed by atoms with Gasteiger partial charge in [0.25, 0.3) is 5.91 Å². The molecule has 0 aliphatic heterocycles. The van der Waals surface area contributed by atoms with Crippen molar-refractivity contribution in [2.75, 3.05) is 20.2 Å². The van der Waals surface area contributed by atoms with E-state index in [-0.39, 0.29) is 12.5 Å². The second-order valence-electron chi connectivity index (χ2n) is 2.66. The molecular weight excluding hydrogens is 190 g/mol. The Morgan fingerprint density at radius 1 is 1.43 bits per heavy atom. The van der Waals surface area contributed by atoms with Crippen molar-refractivity contribution in [2.24, 2.45) is 5.73 Å². The minimum absolute atomic E-state index is 0.131. The predicted octanol–water partition coefficient (Wildman–Crippen LogP) is -2.00. The van der Waals surface area contributed by atoms with Crippen molar-refractivity contribution < 1.29 is 19.2 Å². The highest BCUT2D eigenvalue weighted by molar-refractivity contribution is 5.83. The van der Waals surface area contributed by atoms with Crippen LogP contribution >= 0.6 is 0 Å². The molecular formula is C7H13N3O4. The lowest BCUT2D eigenvalue weighted by molar-refractivity contribution is -0.142. The molecule has 0 unspecified atom stereocenters. The zero-order valence-corrected chi connectivity index (χ0v) is 8.07. The van der Waals surface area contributed by atoms with Crippen molar-refractivity contribution in [3.8, 4) is 0 Å². The predicted molar refractivity (Wildman–Crippen MR) is 46.6 cm³/mol. The minimum atomic E-state index is -0.690. The van der Waals surface area contributed by atoms with Gasteiger partial charge >= 0.3 is 0 Å². The van der Waals surface area contributed by atoms with E-state index in [1.807, 2.05) is 5.48 Å². The lowest BCUT2D eigenvalue weighted by atomic mass is 10.5. The number of hydroxylamine groups is 1. The van der Waals surface area contributed by atoms with Gasteiger partial charge in [0.2, 0.25) is 11.8 Å². The van der Waals surface area contributed by atoms with E-state index in [1.165, 1.54) is 18.9 Å². The molecule has 3 N–H and O–H groups in total. The molecule has 0 aliphatic rings. The fraction of sp³-hybridized carbons (Fsp3) is 0.571. The third-order valence-electron chi connectivity index (χ3n) is 1.32. The Hall–Kier alpha value is -1.63. The molecule has 0 bridgehead atoms. The normalized spacial score (nSPS) is 9.29. The maximum absolute atomic E-state index is 11.0. The van der Waals surface area contributed by atoms with Gasteiger partial charge in [-0.2, -0.15) is 0 Å². The molecule has 0 aromatic carbocycles. The van der Waals surface area contributed by atoms with Gasteiger partial charge in [-0.15, -0.1) is 0 Å². The minimum Gasteiger partial charge on any atom is -0.368 e.